The van der Waals surface area contributed by atoms with Crippen molar-refractivity contribution in [2.45, 2.75) is 43.9 Å². The molecule has 0 spiro atoms. The number of nitrogens with zero attached hydrogens (tertiary/aromatic N) is 3. The molecule has 1 amide bonds. The van der Waals surface area contributed by atoms with Crippen molar-refractivity contribution in [2.75, 3.05) is 52.3 Å². The first-order valence-electron chi connectivity index (χ1n) is 16.5. The molecule has 3 aliphatic rings. The number of aromatic nitrogens is 1. The molecule has 6 rings (SSSR count). The Labute approximate surface area is 308 Å². The Balaban J connectivity index is 1.26. The maximum Gasteiger partial charge on any atom is 0.387 e. The Morgan fingerprint density at radius 3 is 2.45 bits per heavy atom. The summed E-state index contributed by atoms with van der Waals surface area (Å²) in [6.07, 6.45) is 3.04. The van der Waals surface area contributed by atoms with Gasteiger partial charge in [-0.25, -0.2) is 4.79 Å². The van der Waals surface area contributed by atoms with Gasteiger partial charge >= 0.3 is 12.6 Å². The summed E-state index contributed by atoms with van der Waals surface area (Å²) in [5.41, 5.74) is 1.95. The summed E-state index contributed by atoms with van der Waals surface area (Å²) in [6, 6.07) is 9.50. The Kier molecular flexibility index (Phi) is 12.3. The van der Waals surface area contributed by atoms with Crippen molar-refractivity contribution in [1.82, 2.24) is 9.80 Å². The zero-order valence-corrected chi connectivity index (χ0v) is 30.1. The number of halogens is 4. The summed E-state index contributed by atoms with van der Waals surface area (Å²) in [6.45, 7) is 0.857. The lowest BCUT2D eigenvalue weighted by Gasteiger charge is -2.28. The maximum absolute atomic E-state index is 14.0. The first kappa shape index (κ1) is 37.2. The van der Waals surface area contributed by atoms with Gasteiger partial charge < -0.3 is 33.8 Å². The lowest BCUT2D eigenvalue weighted by molar-refractivity contribution is -0.605. The molecule has 1 aliphatic carbocycles. The Morgan fingerprint density at radius 1 is 1.04 bits per heavy atom. The van der Waals surface area contributed by atoms with E-state index >= 15 is 0 Å². The van der Waals surface area contributed by atoms with Crippen LogP contribution in [0, 0.1) is 11.1 Å². The third-order valence-corrected chi connectivity index (χ3v) is 10.6. The number of benzene rings is 2. The molecular formula is C35H37Cl2F2N3O8S. The van der Waals surface area contributed by atoms with E-state index in [2.05, 4.69) is 4.90 Å². The molecule has 2 aromatic carbocycles. The molecule has 2 saturated heterocycles. The molecule has 3 aromatic rings. The van der Waals surface area contributed by atoms with Gasteiger partial charge in [-0.2, -0.15) is 13.5 Å². The van der Waals surface area contributed by atoms with Crippen LogP contribution in [0.3, 0.4) is 0 Å². The van der Waals surface area contributed by atoms with Crippen LogP contribution < -0.4 is 18.9 Å². The number of hydrogen-bond acceptors (Lipinski definition) is 10. The van der Waals surface area contributed by atoms with Crippen molar-refractivity contribution in [1.29, 1.82) is 0 Å². The predicted octanol–water partition coefficient (Wildman–Crippen LogP) is 5.90. The van der Waals surface area contributed by atoms with Crippen LogP contribution in [0.15, 0.2) is 48.8 Å². The summed E-state index contributed by atoms with van der Waals surface area (Å²) in [7, 11) is 1.58. The van der Waals surface area contributed by atoms with Gasteiger partial charge in [0.1, 0.15) is 21.9 Å². The first-order valence-corrected chi connectivity index (χ1v) is 18.3. The lowest BCUT2D eigenvalue weighted by Crippen LogP contribution is -2.41. The monoisotopic (exact) mass is 767 g/mol. The lowest BCUT2D eigenvalue weighted by atomic mass is 10.0. The van der Waals surface area contributed by atoms with Gasteiger partial charge in [-0.05, 0) is 54.7 Å². The largest absolute Gasteiger partial charge is 0.619 e. The zero-order chi connectivity index (χ0) is 36.1. The Hall–Kier alpha value is -3.56. The second-order valence-electron chi connectivity index (χ2n) is 12.4. The van der Waals surface area contributed by atoms with Crippen molar-refractivity contribution < 1.29 is 46.8 Å². The van der Waals surface area contributed by atoms with Gasteiger partial charge in [0.25, 0.3) is 5.91 Å². The number of carbonyl (C=O) groups excluding carboxylic acids is 2. The van der Waals surface area contributed by atoms with Gasteiger partial charge in [0.2, 0.25) is 0 Å². The molecule has 2 atom stereocenters. The van der Waals surface area contributed by atoms with E-state index < -0.39 is 24.1 Å². The molecule has 0 N–H and O–H groups in total. The molecule has 0 unspecified atom stereocenters. The number of methoxy groups -OCH3 is 1. The number of pyridine rings is 1. The van der Waals surface area contributed by atoms with Crippen LogP contribution in [0.1, 0.15) is 46.0 Å². The van der Waals surface area contributed by atoms with Crippen LogP contribution in [-0.4, -0.2) is 86.0 Å². The van der Waals surface area contributed by atoms with E-state index in [0.717, 1.165) is 43.9 Å². The van der Waals surface area contributed by atoms with Gasteiger partial charge in [0.05, 0.1) is 26.9 Å². The number of morpholine rings is 1. The number of esters is 1. The number of amides is 1. The fraction of sp³-hybridized carbons (Fsp3) is 0.457. The summed E-state index contributed by atoms with van der Waals surface area (Å²) in [4.78, 5) is 31.6. The molecule has 0 radical (unpaired) electrons. The molecule has 1 saturated carbocycles. The van der Waals surface area contributed by atoms with Gasteiger partial charge in [-0.3, -0.25) is 9.69 Å². The predicted molar refractivity (Wildman–Crippen MR) is 186 cm³/mol. The molecule has 3 heterocycles. The van der Waals surface area contributed by atoms with Gasteiger partial charge in [0, 0.05) is 55.0 Å². The quantitative estimate of drug-likeness (QED) is 0.112. The van der Waals surface area contributed by atoms with E-state index in [1.165, 1.54) is 34.9 Å². The highest BCUT2D eigenvalue weighted by Gasteiger charge is 2.38. The number of ether oxygens (including phenoxy) is 5. The van der Waals surface area contributed by atoms with Crippen molar-refractivity contribution >= 4 is 46.8 Å². The minimum Gasteiger partial charge on any atom is -0.619 e. The maximum atomic E-state index is 14.0. The van der Waals surface area contributed by atoms with Gasteiger partial charge in [-0.15, -0.1) is 11.8 Å². The van der Waals surface area contributed by atoms with E-state index in [4.69, 9.17) is 46.9 Å². The van der Waals surface area contributed by atoms with Gasteiger partial charge in [-0.1, -0.05) is 29.3 Å². The average Bonchev–Trinajstić information content (AvgIpc) is 3.81. The van der Waals surface area contributed by atoms with Crippen LogP contribution in [-0.2, 0) is 27.2 Å². The van der Waals surface area contributed by atoms with Crippen LogP contribution in [0.5, 0.6) is 17.2 Å². The number of rotatable bonds is 14. The highest BCUT2D eigenvalue weighted by molar-refractivity contribution is 8.00. The minimum atomic E-state index is -3.09. The SMILES string of the molecule is COc1ccc(C(=O)N2CCS[C@@H]2C(=O)O[C@@H](Cc2c(Cl)c[n+]([O-])cc2Cl)c2ccc(OC(F)F)c(OCC3CC3)c2)cc1CN1CCOCC1. The van der Waals surface area contributed by atoms with Crippen LogP contribution in [0.2, 0.25) is 10.0 Å². The van der Waals surface area contributed by atoms with Crippen molar-refractivity contribution in [3.8, 4) is 17.2 Å². The number of thioether (sulfide) groups is 1. The standard InChI is InChI=1S/C35H37Cl2F2N3O8S/c1-46-28-6-5-23(14-24(28)17-40-8-11-47-12-9-40)32(43)42-10-13-51-33(42)34(44)49-30(16-25-26(36)18-41(45)19-27(25)37)22-4-7-29(50-35(38)39)31(15-22)48-20-21-2-3-21/h4-7,14-15,18-19,21,30,33,35H,2-3,8-13,16-17,20H2,1H3/t30-,33+/m0/s1. The third-order valence-electron chi connectivity index (χ3n) is 8.81. The van der Waals surface area contributed by atoms with Crippen molar-refractivity contribution in [3.05, 3.63) is 86.3 Å². The van der Waals surface area contributed by atoms with E-state index in [9.17, 15) is 23.6 Å². The van der Waals surface area contributed by atoms with Crippen molar-refractivity contribution in [2.24, 2.45) is 5.92 Å². The Bertz CT molecular complexity index is 1710. The zero-order valence-electron chi connectivity index (χ0n) is 27.7. The Morgan fingerprint density at radius 2 is 1.76 bits per heavy atom. The molecule has 0 bridgehead atoms. The van der Waals surface area contributed by atoms with Crippen LogP contribution in [0.4, 0.5) is 8.78 Å². The number of hydrogen-bond donors (Lipinski definition) is 0. The fourth-order valence-corrected chi connectivity index (χ4v) is 7.63. The molecular weight excluding hydrogens is 731 g/mol. The summed E-state index contributed by atoms with van der Waals surface area (Å²) < 4.78 is 54.7. The summed E-state index contributed by atoms with van der Waals surface area (Å²) >= 11 is 14.1. The second kappa shape index (κ2) is 16.8. The van der Waals surface area contributed by atoms with E-state index in [1.54, 1.807) is 25.3 Å². The third kappa shape index (κ3) is 9.46. The van der Waals surface area contributed by atoms with Crippen molar-refractivity contribution in [3.63, 3.8) is 0 Å². The molecule has 16 heteroatoms. The molecule has 11 nitrogen and oxygen atoms in total. The number of alkyl halides is 2. The first-order chi connectivity index (χ1) is 24.6. The number of carbonyl (C=O) groups is 2. The summed E-state index contributed by atoms with van der Waals surface area (Å²) in [5.74, 6) is 0.300. The summed E-state index contributed by atoms with van der Waals surface area (Å²) in [5, 5.41) is 11.1. The highest BCUT2D eigenvalue weighted by Crippen LogP contribution is 2.39. The molecule has 2 aliphatic heterocycles. The normalized spacial score (nSPS) is 18.5. The smallest absolute Gasteiger partial charge is 0.387 e. The fourth-order valence-electron chi connectivity index (χ4n) is 5.93. The molecule has 274 valence electrons. The van der Waals surface area contributed by atoms with E-state index in [0.29, 0.717) is 71.8 Å². The van der Waals surface area contributed by atoms with Crippen LogP contribution >= 0.6 is 35.0 Å². The molecule has 1 aromatic heterocycles. The highest BCUT2D eigenvalue weighted by atomic mass is 35.5. The topological polar surface area (TPSA) is 114 Å². The molecule has 3 fully saturated rings. The van der Waals surface area contributed by atoms with E-state index in [1.807, 2.05) is 0 Å². The molecule has 51 heavy (non-hydrogen) atoms. The van der Waals surface area contributed by atoms with Crippen LogP contribution in [0.25, 0.3) is 0 Å². The second-order valence-corrected chi connectivity index (χ2v) is 14.4. The van der Waals surface area contributed by atoms with E-state index in [-0.39, 0.29) is 33.9 Å². The average molecular weight is 769 g/mol. The minimum absolute atomic E-state index is 0.0424. The van der Waals surface area contributed by atoms with Gasteiger partial charge in [0.15, 0.2) is 29.3 Å².